The predicted molar refractivity (Wildman–Crippen MR) is 235 cm³/mol. The van der Waals surface area contributed by atoms with Crippen LogP contribution < -0.4 is 0 Å². The molecule has 1 N–H and O–H groups in total. The van der Waals surface area contributed by atoms with E-state index in [4.69, 9.17) is 22.3 Å². The van der Waals surface area contributed by atoms with Gasteiger partial charge in [0.05, 0.1) is 22.3 Å². The smallest absolute Gasteiger partial charge is 0.148 e. The van der Waals surface area contributed by atoms with E-state index in [-0.39, 0.29) is 32.4 Å². The molecule has 0 atom stereocenters. The van der Waals surface area contributed by atoms with Crippen LogP contribution in [0.3, 0.4) is 0 Å². The molecule has 0 fully saturated rings. The number of nitrogens with zero attached hydrogens (tertiary/aromatic N) is 3. The van der Waals surface area contributed by atoms with Gasteiger partial charge in [-0.3, -0.25) is 9.55 Å². The molecule has 5 heteroatoms. The SMILES string of the molecule is [2H]C([2H])([2H])C(c1ccc(-n2c(-c3ccccc3O)nc3c(-c4[c-]c(-c5cc(-c6ccc(C)cc6)ccn5)cc(-c5ccccc5)c4)cccc32)c(-c2ccccc2)c1)(C([2H])([2H])[2H])C([2H])([2H])[2H].[Pt]. The summed E-state index contributed by atoms with van der Waals surface area (Å²) in [6, 6.07) is 55.8. The van der Waals surface area contributed by atoms with Crippen molar-refractivity contribution in [2.45, 2.75) is 32.9 Å². The summed E-state index contributed by atoms with van der Waals surface area (Å²) >= 11 is 0. The number of phenols is 1. The van der Waals surface area contributed by atoms with E-state index < -0.39 is 26.0 Å². The van der Waals surface area contributed by atoms with Gasteiger partial charge in [-0.2, -0.15) is 0 Å². The van der Waals surface area contributed by atoms with Crippen LogP contribution in [0.1, 0.15) is 44.0 Å². The molecule has 0 spiro atoms. The third kappa shape index (κ3) is 7.44. The first-order chi connectivity index (χ1) is 31.5. The Kier molecular flexibility index (Phi) is 7.93. The van der Waals surface area contributed by atoms with E-state index in [2.05, 4.69) is 55.5 Å². The first-order valence-electron chi connectivity index (χ1n) is 23.1. The van der Waals surface area contributed by atoms with Crippen molar-refractivity contribution in [3.8, 4) is 78.6 Å². The molecule has 0 unspecified atom stereocenters. The molecule has 286 valence electrons. The molecule has 4 nitrogen and oxygen atoms in total. The standard InChI is InChI=1S/C53H42N3O.Pt/c1-35-22-24-37(25-23-35)39-28-29-54-47(33-39)42-31-40(36-14-7-5-8-15-36)30-41(32-42)44-19-13-20-49-51(44)55-52(45-18-11-12-21-50(45)57)56(49)48-27-26-43(53(2,3)4)34-46(48)38-16-9-6-10-17-38;/h5-31,33-34,57H,1-4H3;/q-1;/i2D3,3D3,4D3;. The Balaban J connectivity index is 0.00000608. The Bertz CT molecular complexity index is 3200. The zero-order valence-corrected chi connectivity index (χ0v) is 33.6. The number of para-hydroxylation sites is 2. The van der Waals surface area contributed by atoms with Gasteiger partial charge in [-0.15, -0.1) is 23.8 Å². The van der Waals surface area contributed by atoms with Gasteiger partial charge in [-0.1, -0.05) is 164 Å². The number of aromatic hydroxyl groups is 1. The van der Waals surface area contributed by atoms with Crippen LogP contribution in [0.5, 0.6) is 5.75 Å². The van der Waals surface area contributed by atoms with Crippen molar-refractivity contribution in [3.05, 3.63) is 193 Å². The average molecular weight is 941 g/mol. The molecule has 0 radical (unpaired) electrons. The van der Waals surface area contributed by atoms with Crippen molar-refractivity contribution in [1.82, 2.24) is 14.5 Å². The average Bonchev–Trinajstić information content (AvgIpc) is 3.68. The van der Waals surface area contributed by atoms with Crippen LogP contribution in [0.15, 0.2) is 176 Å². The fraction of sp³-hybridized carbons (Fsp3) is 0.0943. The van der Waals surface area contributed by atoms with Gasteiger partial charge < -0.3 is 5.11 Å². The molecule has 0 amide bonds. The minimum absolute atomic E-state index is 0. The van der Waals surface area contributed by atoms with Crippen LogP contribution in [0.2, 0.25) is 0 Å². The van der Waals surface area contributed by atoms with Crippen molar-refractivity contribution in [3.63, 3.8) is 0 Å². The number of benzene rings is 7. The molecule has 0 aliphatic rings. The van der Waals surface area contributed by atoms with Crippen LogP contribution in [0.4, 0.5) is 0 Å². The van der Waals surface area contributed by atoms with Crippen molar-refractivity contribution in [2.24, 2.45) is 0 Å². The summed E-state index contributed by atoms with van der Waals surface area (Å²) in [6.45, 7) is -8.37. The number of aryl methyl sites for hydroxylation is 1. The predicted octanol–water partition coefficient (Wildman–Crippen LogP) is 13.5. The fourth-order valence-electron chi connectivity index (χ4n) is 7.37. The van der Waals surface area contributed by atoms with Crippen LogP contribution in [-0.2, 0) is 26.5 Å². The second kappa shape index (κ2) is 15.9. The van der Waals surface area contributed by atoms with E-state index >= 15 is 0 Å². The van der Waals surface area contributed by atoms with Crippen molar-refractivity contribution < 1.29 is 38.5 Å². The summed E-state index contributed by atoms with van der Waals surface area (Å²) in [4.78, 5) is 10.1. The summed E-state index contributed by atoms with van der Waals surface area (Å²) in [6.07, 6.45) is 1.79. The van der Waals surface area contributed by atoms with Crippen molar-refractivity contribution >= 4 is 11.0 Å². The summed E-state index contributed by atoms with van der Waals surface area (Å²) in [7, 11) is 0. The normalized spacial score (nSPS) is 14.3. The van der Waals surface area contributed by atoms with Crippen LogP contribution in [-0.4, -0.2) is 19.6 Å². The number of aromatic nitrogens is 3. The summed E-state index contributed by atoms with van der Waals surface area (Å²) < 4.78 is 78.3. The molecule has 2 aromatic heterocycles. The fourth-order valence-corrected chi connectivity index (χ4v) is 7.37. The largest absolute Gasteiger partial charge is 0.507 e. The van der Waals surface area contributed by atoms with E-state index in [1.807, 2.05) is 59.2 Å². The molecule has 2 heterocycles. The number of fused-ring (bicyclic) bond motifs is 1. The maximum Gasteiger partial charge on any atom is 0.148 e. The number of hydrogen-bond acceptors (Lipinski definition) is 3. The van der Waals surface area contributed by atoms with Crippen LogP contribution in [0, 0.1) is 13.0 Å². The Morgan fingerprint density at radius 3 is 2.00 bits per heavy atom. The van der Waals surface area contributed by atoms with Gasteiger partial charge >= 0.3 is 0 Å². The topological polar surface area (TPSA) is 50.9 Å². The maximum absolute atomic E-state index is 11.4. The van der Waals surface area contributed by atoms with Gasteiger partial charge in [0.25, 0.3) is 0 Å². The number of hydrogen-bond donors (Lipinski definition) is 1. The first-order valence-corrected chi connectivity index (χ1v) is 18.6. The third-order valence-corrected chi connectivity index (χ3v) is 10.3. The molecule has 0 aliphatic carbocycles. The molecule has 58 heavy (non-hydrogen) atoms. The van der Waals surface area contributed by atoms with Crippen molar-refractivity contribution in [1.29, 1.82) is 0 Å². The van der Waals surface area contributed by atoms with Gasteiger partial charge in [-0.05, 0) is 76.6 Å². The first kappa shape index (κ1) is 29.0. The van der Waals surface area contributed by atoms with E-state index in [1.54, 1.807) is 66.9 Å². The molecular weight excluding hydrogens is 890 g/mol. The second-order valence-corrected chi connectivity index (χ2v) is 14.2. The van der Waals surface area contributed by atoms with Gasteiger partial charge in [0.2, 0.25) is 0 Å². The number of pyridine rings is 1. The quantitative estimate of drug-likeness (QED) is 0.162. The van der Waals surface area contributed by atoms with E-state index in [1.165, 1.54) is 12.1 Å². The minimum atomic E-state index is -3.47. The Morgan fingerprint density at radius 2 is 1.26 bits per heavy atom. The summed E-state index contributed by atoms with van der Waals surface area (Å²) in [5, 5.41) is 11.4. The Labute approximate surface area is 367 Å². The van der Waals surface area contributed by atoms with Crippen LogP contribution in [0.25, 0.3) is 83.9 Å². The van der Waals surface area contributed by atoms with Gasteiger partial charge in [0, 0.05) is 50.9 Å². The van der Waals surface area contributed by atoms with E-state index in [9.17, 15) is 5.11 Å². The van der Waals surface area contributed by atoms with E-state index in [0.717, 1.165) is 39.1 Å². The molecule has 0 bridgehead atoms. The maximum atomic E-state index is 11.4. The molecule has 9 aromatic rings. The van der Waals surface area contributed by atoms with Gasteiger partial charge in [0.1, 0.15) is 11.6 Å². The molecule has 0 aliphatic heterocycles. The van der Waals surface area contributed by atoms with E-state index in [0.29, 0.717) is 50.4 Å². The number of imidazole rings is 1. The van der Waals surface area contributed by atoms with Crippen LogP contribution >= 0.6 is 0 Å². The molecular formula is C53H42N3OPt-. The summed E-state index contributed by atoms with van der Waals surface area (Å²) in [5.74, 6) is 0.264. The molecule has 7 aromatic carbocycles. The molecule has 9 rings (SSSR count). The Morgan fingerprint density at radius 1 is 0.586 bits per heavy atom. The zero-order valence-electron chi connectivity index (χ0n) is 40.3. The second-order valence-electron chi connectivity index (χ2n) is 14.2. The van der Waals surface area contributed by atoms with Crippen molar-refractivity contribution in [2.75, 3.05) is 0 Å². The monoisotopic (exact) mass is 940 g/mol. The number of phenolic OH excluding ortho intramolecular Hbond substituents is 1. The zero-order chi connectivity index (χ0) is 46.6. The third-order valence-electron chi connectivity index (χ3n) is 10.3. The summed E-state index contributed by atoms with van der Waals surface area (Å²) in [5.41, 5.74) is 7.20. The molecule has 0 saturated heterocycles. The number of rotatable bonds is 7. The minimum Gasteiger partial charge on any atom is -0.507 e. The van der Waals surface area contributed by atoms with Gasteiger partial charge in [-0.25, -0.2) is 4.98 Å². The Hall–Kier alpha value is -6.35. The molecule has 0 saturated carbocycles. The van der Waals surface area contributed by atoms with Gasteiger partial charge in [0.15, 0.2) is 0 Å².